The molecule has 7 nitrogen and oxygen atoms in total. The number of methoxy groups -OCH3 is 1. The molecule has 1 aliphatic heterocycles. The van der Waals surface area contributed by atoms with Gasteiger partial charge in [-0.2, -0.15) is 0 Å². The van der Waals surface area contributed by atoms with Crippen molar-refractivity contribution in [3.05, 3.63) is 50.9 Å². The van der Waals surface area contributed by atoms with Gasteiger partial charge in [-0.3, -0.25) is 4.79 Å². The zero-order valence-corrected chi connectivity index (χ0v) is 20.5. The third kappa shape index (κ3) is 5.63. The van der Waals surface area contributed by atoms with Crippen molar-refractivity contribution in [2.75, 3.05) is 44.9 Å². The fourth-order valence-electron chi connectivity index (χ4n) is 4.25. The number of aryl methyl sites for hydroxylation is 1. The summed E-state index contributed by atoms with van der Waals surface area (Å²) < 4.78 is 5.28. The lowest BCUT2D eigenvalue weighted by atomic mass is 9.98. The molecule has 3 aromatic rings. The first-order chi connectivity index (χ1) is 16.0. The average molecular weight is 489 g/mol. The zero-order valence-electron chi connectivity index (χ0n) is 19.0. The zero-order chi connectivity index (χ0) is 23.4. The van der Waals surface area contributed by atoms with E-state index in [9.17, 15) is 9.90 Å². The van der Waals surface area contributed by atoms with Crippen molar-refractivity contribution in [2.24, 2.45) is 5.92 Å². The Morgan fingerprint density at radius 1 is 1.36 bits per heavy atom. The standard InChI is InChI=1S/C24H29ClN4O3S/c1-16-26-22(15-33-16)24(31)29(8-9-32-2)13-19-10-18-5-6-20(25)11-21(18)27-23(19)28-7-3-4-17(12-28)14-30/h5-6,10-11,15,17,30H,3-4,7-9,12-14H2,1-2H3. The molecule has 1 aliphatic rings. The van der Waals surface area contributed by atoms with Crippen molar-refractivity contribution < 1.29 is 14.6 Å². The van der Waals surface area contributed by atoms with E-state index in [-0.39, 0.29) is 18.4 Å². The minimum absolute atomic E-state index is 0.120. The Morgan fingerprint density at radius 3 is 2.94 bits per heavy atom. The summed E-state index contributed by atoms with van der Waals surface area (Å²) in [6.45, 7) is 4.91. The summed E-state index contributed by atoms with van der Waals surface area (Å²) in [5.74, 6) is 0.936. The van der Waals surface area contributed by atoms with Crippen molar-refractivity contribution >= 4 is 45.6 Å². The summed E-state index contributed by atoms with van der Waals surface area (Å²) in [6, 6.07) is 7.76. The fourth-order valence-corrected chi connectivity index (χ4v) is 5.01. The first-order valence-corrected chi connectivity index (χ1v) is 12.4. The first kappa shape index (κ1) is 23.9. The minimum atomic E-state index is -0.120. The lowest BCUT2D eigenvalue weighted by Crippen LogP contribution is -2.39. The summed E-state index contributed by atoms with van der Waals surface area (Å²) in [6.07, 6.45) is 1.99. The van der Waals surface area contributed by atoms with Gasteiger partial charge < -0.3 is 19.6 Å². The molecule has 0 bridgehead atoms. The number of ether oxygens (including phenoxy) is 1. The van der Waals surface area contributed by atoms with Gasteiger partial charge in [-0.1, -0.05) is 17.7 Å². The quantitative estimate of drug-likeness (QED) is 0.513. The van der Waals surface area contributed by atoms with Crippen LogP contribution in [0.1, 0.15) is 33.9 Å². The van der Waals surface area contributed by atoms with Crippen molar-refractivity contribution in [3.8, 4) is 0 Å². The van der Waals surface area contributed by atoms with Crippen LogP contribution in [0.2, 0.25) is 5.02 Å². The Hall–Kier alpha value is -2.26. The molecular formula is C24H29ClN4O3S. The molecule has 1 saturated heterocycles. The molecule has 0 saturated carbocycles. The number of amides is 1. The van der Waals surface area contributed by atoms with Gasteiger partial charge >= 0.3 is 0 Å². The molecule has 9 heteroatoms. The predicted octanol–water partition coefficient (Wildman–Crippen LogP) is 4.15. The number of thiazole rings is 1. The second-order valence-corrected chi connectivity index (χ2v) is 9.91. The molecule has 2 aromatic heterocycles. The molecule has 4 rings (SSSR count). The molecule has 3 heterocycles. The number of aliphatic hydroxyl groups excluding tert-OH is 1. The van der Waals surface area contributed by atoms with Gasteiger partial charge in [0.2, 0.25) is 0 Å². The molecule has 33 heavy (non-hydrogen) atoms. The number of aromatic nitrogens is 2. The first-order valence-electron chi connectivity index (χ1n) is 11.1. The molecule has 0 spiro atoms. The molecule has 1 unspecified atom stereocenters. The SMILES string of the molecule is COCCN(Cc1cc2ccc(Cl)cc2nc1N1CCCC(CO)C1)C(=O)c1csc(C)n1. The van der Waals surface area contributed by atoms with Crippen molar-refractivity contribution in [2.45, 2.75) is 26.3 Å². The topological polar surface area (TPSA) is 78.8 Å². The molecule has 1 fully saturated rings. The highest BCUT2D eigenvalue weighted by molar-refractivity contribution is 7.09. The van der Waals surface area contributed by atoms with Crippen molar-refractivity contribution in [1.29, 1.82) is 0 Å². The van der Waals surface area contributed by atoms with Crippen LogP contribution in [0.15, 0.2) is 29.6 Å². The second kappa shape index (κ2) is 10.8. The maximum Gasteiger partial charge on any atom is 0.273 e. The fraction of sp³-hybridized carbons (Fsp3) is 0.458. The number of hydrogen-bond acceptors (Lipinski definition) is 7. The van der Waals surface area contributed by atoms with Crippen LogP contribution in [-0.4, -0.2) is 65.8 Å². The minimum Gasteiger partial charge on any atom is -0.396 e. The molecular weight excluding hydrogens is 460 g/mol. The third-order valence-electron chi connectivity index (χ3n) is 5.96. The molecule has 0 aliphatic carbocycles. The summed E-state index contributed by atoms with van der Waals surface area (Å²) >= 11 is 7.70. The van der Waals surface area contributed by atoms with Gasteiger partial charge in [0, 0.05) is 61.2 Å². The number of benzene rings is 1. The number of aliphatic hydroxyl groups is 1. The van der Waals surface area contributed by atoms with E-state index in [1.165, 1.54) is 11.3 Å². The summed E-state index contributed by atoms with van der Waals surface area (Å²) in [5, 5.41) is 14.0. The van der Waals surface area contributed by atoms with Crippen LogP contribution in [0.4, 0.5) is 5.82 Å². The maximum atomic E-state index is 13.3. The molecule has 176 valence electrons. The third-order valence-corrected chi connectivity index (χ3v) is 6.97. The Bertz CT molecular complexity index is 1120. The van der Waals surface area contributed by atoms with Crippen LogP contribution < -0.4 is 4.90 Å². The number of piperidine rings is 1. The van der Waals surface area contributed by atoms with Crippen LogP contribution in [0.5, 0.6) is 0 Å². The molecule has 1 atom stereocenters. The van der Waals surface area contributed by atoms with Gasteiger partial charge in [-0.25, -0.2) is 9.97 Å². The Balaban J connectivity index is 1.72. The highest BCUT2D eigenvalue weighted by atomic mass is 35.5. The lowest BCUT2D eigenvalue weighted by Gasteiger charge is -2.35. The van der Waals surface area contributed by atoms with Crippen LogP contribution in [0, 0.1) is 12.8 Å². The van der Waals surface area contributed by atoms with Crippen LogP contribution in [0.25, 0.3) is 10.9 Å². The number of carbonyl (C=O) groups excluding carboxylic acids is 1. The smallest absolute Gasteiger partial charge is 0.273 e. The monoisotopic (exact) mass is 488 g/mol. The maximum absolute atomic E-state index is 13.3. The van der Waals surface area contributed by atoms with Gasteiger partial charge in [0.05, 0.1) is 17.1 Å². The van der Waals surface area contributed by atoms with Crippen molar-refractivity contribution in [3.63, 3.8) is 0 Å². The number of pyridine rings is 1. The number of carbonyl (C=O) groups is 1. The number of anilines is 1. The summed E-state index contributed by atoms with van der Waals surface area (Å²) in [5.41, 5.74) is 2.23. The van der Waals surface area contributed by atoms with E-state index < -0.39 is 0 Å². The van der Waals surface area contributed by atoms with E-state index in [1.54, 1.807) is 17.4 Å². The summed E-state index contributed by atoms with van der Waals surface area (Å²) in [7, 11) is 1.63. The second-order valence-electron chi connectivity index (χ2n) is 8.42. The Morgan fingerprint density at radius 2 is 2.21 bits per heavy atom. The highest BCUT2D eigenvalue weighted by Gasteiger charge is 2.25. The van der Waals surface area contributed by atoms with Gasteiger partial charge in [0.15, 0.2) is 0 Å². The number of nitrogens with zero attached hydrogens (tertiary/aromatic N) is 4. The van der Waals surface area contributed by atoms with Crippen molar-refractivity contribution in [1.82, 2.24) is 14.9 Å². The molecule has 1 aromatic carbocycles. The number of fused-ring (bicyclic) bond motifs is 1. The van der Waals surface area contributed by atoms with E-state index in [4.69, 9.17) is 21.3 Å². The normalized spacial score (nSPS) is 16.4. The van der Waals surface area contributed by atoms with Gasteiger partial charge in [-0.15, -0.1) is 11.3 Å². The van der Waals surface area contributed by atoms with E-state index in [2.05, 4.69) is 16.0 Å². The van der Waals surface area contributed by atoms with E-state index >= 15 is 0 Å². The highest BCUT2D eigenvalue weighted by Crippen LogP contribution is 2.30. The van der Waals surface area contributed by atoms with E-state index in [1.807, 2.05) is 25.1 Å². The number of rotatable bonds is 8. The van der Waals surface area contributed by atoms with E-state index in [0.717, 1.165) is 53.2 Å². The van der Waals surface area contributed by atoms with Gasteiger partial charge in [0.1, 0.15) is 11.5 Å². The Labute approximate surface area is 203 Å². The van der Waals surface area contributed by atoms with Gasteiger partial charge in [-0.05, 0) is 43.9 Å². The Kier molecular flexibility index (Phi) is 7.80. The largest absolute Gasteiger partial charge is 0.396 e. The molecule has 1 N–H and O–H groups in total. The van der Waals surface area contributed by atoms with Crippen LogP contribution >= 0.6 is 22.9 Å². The van der Waals surface area contributed by atoms with Crippen LogP contribution in [0.3, 0.4) is 0 Å². The number of hydrogen-bond donors (Lipinski definition) is 1. The lowest BCUT2D eigenvalue weighted by molar-refractivity contribution is 0.0675. The van der Waals surface area contributed by atoms with Crippen LogP contribution in [-0.2, 0) is 11.3 Å². The summed E-state index contributed by atoms with van der Waals surface area (Å²) in [4.78, 5) is 26.7. The van der Waals surface area contributed by atoms with E-state index in [0.29, 0.717) is 30.4 Å². The molecule has 0 radical (unpaired) electrons. The average Bonchev–Trinajstić information content (AvgIpc) is 3.27. The number of halogens is 1. The van der Waals surface area contributed by atoms with Gasteiger partial charge in [0.25, 0.3) is 5.91 Å². The molecule has 1 amide bonds. The predicted molar refractivity (Wildman–Crippen MR) is 132 cm³/mol.